The van der Waals surface area contributed by atoms with E-state index in [1.165, 1.54) is 6.07 Å². The first-order valence-electron chi connectivity index (χ1n) is 8.52. The van der Waals surface area contributed by atoms with Crippen molar-refractivity contribution in [2.75, 3.05) is 31.1 Å². The number of benzene rings is 1. The molecule has 2 aliphatic rings. The second kappa shape index (κ2) is 7.44. The maximum absolute atomic E-state index is 12.8. The van der Waals surface area contributed by atoms with Gasteiger partial charge in [-0.2, -0.15) is 0 Å². The number of hydrogen-bond donors (Lipinski definition) is 2. The number of carbonyl (C=O) groups is 1. The van der Waals surface area contributed by atoms with Crippen LogP contribution in [0.15, 0.2) is 23.1 Å². The van der Waals surface area contributed by atoms with Crippen LogP contribution in [0.4, 0.5) is 5.69 Å². The van der Waals surface area contributed by atoms with Crippen molar-refractivity contribution in [3.8, 4) is 0 Å². The second-order valence-corrected chi connectivity index (χ2v) is 9.29. The third-order valence-corrected chi connectivity index (χ3v) is 6.24. The quantitative estimate of drug-likeness (QED) is 0.773. The van der Waals surface area contributed by atoms with Crippen molar-refractivity contribution in [2.45, 2.75) is 37.6 Å². The number of hydrogen-bond acceptors (Lipinski definition) is 5. The Morgan fingerprint density at radius 1 is 1.31 bits per heavy atom. The van der Waals surface area contributed by atoms with Crippen LogP contribution in [0.2, 0.25) is 0 Å². The van der Waals surface area contributed by atoms with E-state index >= 15 is 0 Å². The fraction of sp³-hybridized carbons (Fsp3) is 0.588. The van der Waals surface area contributed by atoms with Crippen LogP contribution in [-0.4, -0.2) is 51.4 Å². The van der Waals surface area contributed by atoms with Crippen LogP contribution in [0.3, 0.4) is 0 Å². The lowest BCUT2D eigenvalue weighted by molar-refractivity contribution is -0.120. The Kier molecular flexibility index (Phi) is 6.04. The highest BCUT2D eigenvalue weighted by atomic mass is 35.5. The highest BCUT2D eigenvalue weighted by Gasteiger charge is 2.35. The van der Waals surface area contributed by atoms with Crippen LogP contribution in [0.25, 0.3) is 0 Å². The predicted molar refractivity (Wildman–Crippen MR) is 104 cm³/mol. The van der Waals surface area contributed by atoms with E-state index in [0.717, 1.165) is 30.8 Å². The van der Waals surface area contributed by atoms with Gasteiger partial charge in [0, 0.05) is 31.4 Å². The molecule has 0 radical (unpaired) electrons. The summed E-state index contributed by atoms with van der Waals surface area (Å²) in [4.78, 5) is 16.7. The van der Waals surface area contributed by atoms with Gasteiger partial charge in [0.2, 0.25) is 15.9 Å². The fourth-order valence-electron chi connectivity index (χ4n) is 3.71. The van der Waals surface area contributed by atoms with Gasteiger partial charge in [0.05, 0.1) is 11.4 Å². The number of carbonyl (C=O) groups excluding carboxylic acids is 1. The fourth-order valence-corrected chi connectivity index (χ4v) is 4.28. The van der Waals surface area contributed by atoms with Crippen LogP contribution in [0.1, 0.15) is 25.8 Å². The van der Waals surface area contributed by atoms with Crippen LogP contribution < -0.4 is 15.8 Å². The molecule has 1 aromatic carbocycles. The smallest absolute Gasteiger partial charge is 0.241 e. The first-order valence-corrected chi connectivity index (χ1v) is 10.1. The van der Waals surface area contributed by atoms with Crippen molar-refractivity contribution in [2.24, 2.45) is 16.3 Å². The largest absolute Gasteiger partial charge is 0.327 e. The molecule has 1 fully saturated rings. The molecule has 0 saturated carbocycles. The SMILES string of the molecule is CC1(C)CN(CC(=O)N2CCc3cc(S(N)(=O)=O)ccc32)CCC1N.Cl. The number of nitrogens with zero attached hydrogens (tertiary/aromatic N) is 2. The monoisotopic (exact) mass is 402 g/mol. The molecule has 0 aliphatic carbocycles. The second-order valence-electron chi connectivity index (χ2n) is 7.73. The van der Waals surface area contributed by atoms with E-state index in [1.807, 2.05) is 0 Å². The summed E-state index contributed by atoms with van der Waals surface area (Å²) in [6.45, 7) is 6.81. The number of anilines is 1. The number of likely N-dealkylation sites (tertiary alicyclic amines) is 1. The van der Waals surface area contributed by atoms with Crippen LogP contribution in [0.5, 0.6) is 0 Å². The minimum Gasteiger partial charge on any atom is -0.327 e. The van der Waals surface area contributed by atoms with Crippen LogP contribution in [0, 0.1) is 5.41 Å². The molecule has 9 heteroatoms. The van der Waals surface area contributed by atoms with E-state index in [0.29, 0.717) is 19.5 Å². The molecule has 1 saturated heterocycles. The third kappa shape index (κ3) is 4.20. The predicted octanol–water partition coefficient (Wildman–Crippen LogP) is 0.704. The molecule has 1 amide bonds. The number of nitrogens with two attached hydrogens (primary N) is 2. The molecule has 2 aliphatic heterocycles. The Morgan fingerprint density at radius 2 is 2.00 bits per heavy atom. The Balaban J connectivity index is 0.00000243. The average Bonchev–Trinajstić information content (AvgIpc) is 2.93. The molecular formula is C17H27ClN4O3S. The van der Waals surface area contributed by atoms with Crippen LogP contribution in [-0.2, 0) is 21.2 Å². The summed E-state index contributed by atoms with van der Waals surface area (Å²) < 4.78 is 23.0. The molecule has 0 aromatic heterocycles. The topological polar surface area (TPSA) is 110 Å². The zero-order chi connectivity index (χ0) is 18.4. The first-order chi connectivity index (χ1) is 11.6. The molecule has 1 aromatic rings. The number of halogens is 1. The highest BCUT2D eigenvalue weighted by molar-refractivity contribution is 7.89. The van der Waals surface area contributed by atoms with Gasteiger partial charge in [-0.15, -0.1) is 12.4 Å². The number of sulfonamides is 1. The van der Waals surface area contributed by atoms with Crippen molar-refractivity contribution >= 4 is 34.0 Å². The van der Waals surface area contributed by atoms with Crippen molar-refractivity contribution in [1.82, 2.24) is 4.90 Å². The summed E-state index contributed by atoms with van der Waals surface area (Å²) in [5.41, 5.74) is 7.78. The number of rotatable bonds is 3. The summed E-state index contributed by atoms with van der Waals surface area (Å²) in [6, 6.07) is 4.86. The van der Waals surface area contributed by atoms with Gasteiger partial charge >= 0.3 is 0 Å². The molecule has 26 heavy (non-hydrogen) atoms. The Bertz CT molecular complexity index is 797. The first kappa shape index (κ1) is 21.1. The lowest BCUT2D eigenvalue weighted by Gasteiger charge is -2.42. The summed E-state index contributed by atoms with van der Waals surface area (Å²) in [6.07, 6.45) is 1.52. The summed E-state index contributed by atoms with van der Waals surface area (Å²) >= 11 is 0. The van der Waals surface area contributed by atoms with E-state index in [9.17, 15) is 13.2 Å². The molecule has 1 unspecified atom stereocenters. The molecule has 0 bridgehead atoms. The molecule has 4 N–H and O–H groups in total. The number of fused-ring (bicyclic) bond motifs is 1. The van der Waals surface area contributed by atoms with E-state index < -0.39 is 10.0 Å². The maximum Gasteiger partial charge on any atom is 0.241 e. The van der Waals surface area contributed by atoms with Crippen molar-refractivity contribution < 1.29 is 13.2 Å². The van der Waals surface area contributed by atoms with Gasteiger partial charge in [-0.1, -0.05) is 13.8 Å². The minimum absolute atomic E-state index is 0. The van der Waals surface area contributed by atoms with Gasteiger partial charge < -0.3 is 10.6 Å². The van der Waals surface area contributed by atoms with Gasteiger partial charge in [0.15, 0.2) is 0 Å². The van der Waals surface area contributed by atoms with E-state index in [1.54, 1.807) is 17.0 Å². The molecular weight excluding hydrogens is 376 g/mol. The number of piperidine rings is 1. The van der Waals surface area contributed by atoms with E-state index in [-0.39, 0.29) is 34.7 Å². The number of primary sulfonamides is 1. The Morgan fingerprint density at radius 3 is 2.62 bits per heavy atom. The molecule has 1 atom stereocenters. The normalized spacial score (nSPS) is 22.6. The molecule has 7 nitrogen and oxygen atoms in total. The minimum atomic E-state index is -3.73. The van der Waals surface area contributed by atoms with E-state index in [4.69, 9.17) is 10.9 Å². The Labute approximate surface area is 161 Å². The van der Waals surface area contributed by atoms with Crippen molar-refractivity contribution in [3.63, 3.8) is 0 Å². The van der Waals surface area contributed by atoms with Gasteiger partial charge in [-0.25, -0.2) is 13.6 Å². The van der Waals surface area contributed by atoms with Crippen molar-refractivity contribution in [3.05, 3.63) is 23.8 Å². The zero-order valence-corrected chi connectivity index (χ0v) is 16.8. The average molecular weight is 403 g/mol. The zero-order valence-electron chi connectivity index (χ0n) is 15.1. The standard InChI is InChI=1S/C17H26N4O3S.ClH/c1-17(2)11-20(7-6-15(17)18)10-16(22)21-8-5-12-9-13(25(19,23)24)3-4-14(12)21;/h3-4,9,15H,5-8,10-11,18H2,1-2H3,(H2,19,23,24);1H. The number of amides is 1. The maximum atomic E-state index is 12.8. The molecule has 146 valence electrons. The van der Waals surface area contributed by atoms with Crippen molar-refractivity contribution in [1.29, 1.82) is 0 Å². The van der Waals surface area contributed by atoms with E-state index in [2.05, 4.69) is 18.7 Å². The van der Waals surface area contributed by atoms with Gasteiger partial charge in [0.25, 0.3) is 0 Å². The lowest BCUT2D eigenvalue weighted by atomic mass is 9.80. The highest BCUT2D eigenvalue weighted by Crippen LogP contribution is 2.31. The molecule has 0 spiro atoms. The van der Waals surface area contributed by atoms with Gasteiger partial charge in [0.1, 0.15) is 0 Å². The third-order valence-electron chi connectivity index (χ3n) is 5.33. The molecule has 3 rings (SSSR count). The summed E-state index contributed by atoms with van der Waals surface area (Å²) in [7, 11) is -3.73. The van der Waals surface area contributed by atoms with Gasteiger partial charge in [-0.05, 0) is 42.0 Å². The molecule has 2 heterocycles. The summed E-state index contributed by atoms with van der Waals surface area (Å²) in [5, 5.41) is 5.18. The summed E-state index contributed by atoms with van der Waals surface area (Å²) in [5.74, 6) is 0.0355. The lowest BCUT2D eigenvalue weighted by Crippen LogP contribution is -2.54. The van der Waals surface area contributed by atoms with Crippen LogP contribution >= 0.6 is 12.4 Å². The van der Waals surface area contributed by atoms with Gasteiger partial charge in [-0.3, -0.25) is 9.69 Å². The Hall–Kier alpha value is -1.19.